The number of carbonyl (C=O) groups is 2. The number of nitrogens with zero attached hydrogens (tertiary/aromatic N) is 1. The van der Waals surface area contributed by atoms with Gasteiger partial charge in [0.25, 0.3) is 5.91 Å². The number of hydrogen-bond acceptors (Lipinski definition) is 3. The highest BCUT2D eigenvalue weighted by Gasteiger charge is 2.27. The van der Waals surface area contributed by atoms with E-state index in [1.165, 1.54) is 18.2 Å². The summed E-state index contributed by atoms with van der Waals surface area (Å²) >= 11 is 0. The molecule has 31 heavy (non-hydrogen) atoms. The van der Waals surface area contributed by atoms with Gasteiger partial charge in [-0.2, -0.15) is 0 Å². The van der Waals surface area contributed by atoms with Gasteiger partial charge in [-0.05, 0) is 41.3 Å². The number of halogens is 2. The summed E-state index contributed by atoms with van der Waals surface area (Å²) in [5.41, 5.74) is 3.40. The van der Waals surface area contributed by atoms with E-state index < -0.39 is 11.6 Å². The molecule has 2 aliphatic heterocycles. The average molecular weight is 419 g/mol. The van der Waals surface area contributed by atoms with Crippen molar-refractivity contribution < 1.29 is 18.4 Å². The standard InChI is InChI=1S/C24H19F2N3O2/c25-17-2-1-3-18(26)22(17)20-11-15-12-28-24(31)21(15)19(29-20)10-13-4-6-14(7-5-13)16-8-9-27-23(16)30/h1-7,11,16H,8-10,12H2,(H,27,30)(H,28,31)/t16-/m1/s1. The fourth-order valence-corrected chi connectivity index (χ4v) is 4.31. The second-order valence-electron chi connectivity index (χ2n) is 7.82. The number of nitrogens with one attached hydrogen (secondary N) is 2. The number of hydrogen-bond donors (Lipinski definition) is 2. The van der Waals surface area contributed by atoms with Crippen molar-refractivity contribution in [2.45, 2.75) is 25.3 Å². The summed E-state index contributed by atoms with van der Waals surface area (Å²) in [5.74, 6) is -1.75. The maximum absolute atomic E-state index is 14.4. The van der Waals surface area contributed by atoms with Gasteiger partial charge in [0.15, 0.2) is 0 Å². The molecule has 3 heterocycles. The number of rotatable bonds is 4. The molecule has 2 N–H and O–H groups in total. The molecule has 0 spiro atoms. The number of carbonyl (C=O) groups excluding carboxylic acids is 2. The van der Waals surface area contributed by atoms with Crippen molar-refractivity contribution >= 4 is 11.8 Å². The molecule has 0 radical (unpaired) electrons. The third kappa shape index (κ3) is 3.46. The van der Waals surface area contributed by atoms with Crippen LogP contribution in [0.4, 0.5) is 8.78 Å². The molecule has 0 saturated carbocycles. The van der Waals surface area contributed by atoms with Gasteiger partial charge in [-0.3, -0.25) is 14.6 Å². The van der Waals surface area contributed by atoms with E-state index in [0.29, 0.717) is 36.3 Å². The van der Waals surface area contributed by atoms with E-state index in [4.69, 9.17) is 0 Å². The minimum Gasteiger partial charge on any atom is -0.356 e. The third-order valence-electron chi connectivity index (χ3n) is 5.86. The molecule has 0 aliphatic carbocycles. The van der Waals surface area contributed by atoms with Crippen LogP contribution in [0.3, 0.4) is 0 Å². The Morgan fingerprint density at radius 1 is 0.968 bits per heavy atom. The maximum Gasteiger partial charge on any atom is 0.253 e. The summed E-state index contributed by atoms with van der Waals surface area (Å²) in [5, 5.41) is 5.59. The number of aromatic nitrogens is 1. The number of amides is 2. The minimum absolute atomic E-state index is 0.0310. The Hall–Kier alpha value is -3.61. The molecule has 1 aromatic heterocycles. The Bertz CT molecular complexity index is 1190. The van der Waals surface area contributed by atoms with E-state index in [-0.39, 0.29) is 29.0 Å². The molecule has 5 nitrogen and oxygen atoms in total. The molecule has 2 amide bonds. The summed E-state index contributed by atoms with van der Waals surface area (Å²) in [6.45, 7) is 0.971. The Morgan fingerprint density at radius 2 is 1.71 bits per heavy atom. The molecular formula is C24H19F2N3O2. The summed E-state index contributed by atoms with van der Waals surface area (Å²) in [7, 11) is 0. The molecule has 7 heteroatoms. The fraction of sp³-hybridized carbons (Fsp3) is 0.208. The largest absolute Gasteiger partial charge is 0.356 e. The molecule has 0 bridgehead atoms. The predicted octanol–water partition coefficient (Wildman–Crippen LogP) is 3.46. The average Bonchev–Trinajstić information content (AvgIpc) is 3.34. The SMILES string of the molecule is O=C1NCc2cc(-c3c(F)cccc3F)nc(Cc3ccc([C@H]4CCNC4=O)cc3)c21. The van der Waals surface area contributed by atoms with E-state index >= 15 is 0 Å². The molecule has 2 aromatic carbocycles. The Morgan fingerprint density at radius 3 is 2.39 bits per heavy atom. The van der Waals surface area contributed by atoms with Crippen LogP contribution in [0.15, 0.2) is 48.5 Å². The van der Waals surface area contributed by atoms with Crippen molar-refractivity contribution in [3.05, 3.63) is 88.1 Å². The van der Waals surface area contributed by atoms with Gasteiger partial charge in [0.1, 0.15) is 11.6 Å². The zero-order chi connectivity index (χ0) is 21.5. The van der Waals surface area contributed by atoms with E-state index in [2.05, 4.69) is 15.6 Å². The lowest BCUT2D eigenvalue weighted by molar-refractivity contribution is -0.120. The molecule has 1 saturated heterocycles. The first-order chi connectivity index (χ1) is 15.0. The van der Waals surface area contributed by atoms with Crippen molar-refractivity contribution in [3.63, 3.8) is 0 Å². The summed E-state index contributed by atoms with van der Waals surface area (Å²) in [6, 6.07) is 12.9. The maximum atomic E-state index is 14.4. The van der Waals surface area contributed by atoms with Crippen LogP contribution in [0.5, 0.6) is 0 Å². The number of pyridine rings is 1. The quantitative estimate of drug-likeness (QED) is 0.680. The predicted molar refractivity (Wildman–Crippen MR) is 110 cm³/mol. The van der Waals surface area contributed by atoms with Crippen LogP contribution in [0.25, 0.3) is 11.3 Å². The highest BCUT2D eigenvalue weighted by atomic mass is 19.1. The highest BCUT2D eigenvalue weighted by Crippen LogP contribution is 2.31. The second-order valence-corrected chi connectivity index (χ2v) is 7.82. The fourth-order valence-electron chi connectivity index (χ4n) is 4.31. The Kier molecular flexibility index (Phi) is 4.73. The summed E-state index contributed by atoms with van der Waals surface area (Å²) in [6.07, 6.45) is 1.10. The Labute approximate surface area is 177 Å². The van der Waals surface area contributed by atoms with Crippen LogP contribution >= 0.6 is 0 Å². The van der Waals surface area contributed by atoms with Gasteiger partial charge < -0.3 is 10.6 Å². The van der Waals surface area contributed by atoms with Gasteiger partial charge in [0.05, 0.1) is 28.4 Å². The normalized spacial score (nSPS) is 17.4. The Balaban J connectivity index is 1.52. The summed E-state index contributed by atoms with van der Waals surface area (Å²) in [4.78, 5) is 28.8. The molecule has 3 aromatic rings. The number of fused-ring (bicyclic) bond motifs is 1. The van der Waals surface area contributed by atoms with Crippen LogP contribution in [0, 0.1) is 11.6 Å². The molecule has 1 atom stereocenters. The third-order valence-corrected chi connectivity index (χ3v) is 5.86. The van der Waals surface area contributed by atoms with Crippen molar-refractivity contribution in [1.82, 2.24) is 15.6 Å². The first-order valence-corrected chi connectivity index (χ1v) is 10.1. The molecule has 5 rings (SSSR count). The van der Waals surface area contributed by atoms with E-state index in [1.807, 2.05) is 24.3 Å². The van der Waals surface area contributed by atoms with Crippen molar-refractivity contribution in [2.75, 3.05) is 6.54 Å². The molecule has 2 aliphatic rings. The lowest BCUT2D eigenvalue weighted by Crippen LogP contribution is -2.17. The van der Waals surface area contributed by atoms with Gasteiger partial charge in [-0.1, -0.05) is 30.3 Å². The second kappa shape index (κ2) is 7.58. The zero-order valence-corrected chi connectivity index (χ0v) is 16.5. The molecule has 1 fully saturated rings. The van der Waals surface area contributed by atoms with Gasteiger partial charge in [0, 0.05) is 19.5 Å². The van der Waals surface area contributed by atoms with Crippen LogP contribution in [-0.4, -0.2) is 23.3 Å². The first-order valence-electron chi connectivity index (χ1n) is 10.1. The van der Waals surface area contributed by atoms with Gasteiger partial charge in [-0.15, -0.1) is 0 Å². The molecule has 0 unspecified atom stereocenters. The molecule has 156 valence electrons. The van der Waals surface area contributed by atoms with Crippen LogP contribution in [0.2, 0.25) is 0 Å². The first kappa shape index (κ1) is 19.4. The summed E-state index contributed by atoms with van der Waals surface area (Å²) < 4.78 is 28.7. The number of benzene rings is 2. The van der Waals surface area contributed by atoms with Crippen molar-refractivity contribution in [3.8, 4) is 11.3 Å². The molecular weight excluding hydrogens is 400 g/mol. The van der Waals surface area contributed by atoms with Crippen LogP contribution in [0.1, 0.15) is 45.1 Å². The van der Waals surface area contributed by atoms with Gasteiger partial charge >= 0.3 is 0 Å². The van der Waals surface area contributed by atoms with E-state index in [1.54, 1.807) is 6.07 Å². The minimum atomic E-state index is -0.699. The van der Waals surface area contributed by atoms with Gasteiger partial charge in [0.2, 0.25) is 5.91 Å². The monoisotopic (exact) mass is 419 g/mol. The highest BCUT2D eigenvalue weighted by molar-refractivity contribution is 6.00. The lowest BCUT2D eigenvalue weighted by atomic mass is 9.94. The topological polar surface area (TPSA) is 71.1 Å². The van der Waals surface area contributed by atoms with Crippen molar-refractivity contribution in [2.24, 2.45) is 0 Å². The van der Waals surface area contributed by atoms with Crippen molar-refractivity contribution in [1.29, 1.82) is 0 Å². The van der Waals surface area contributed by atoms with Gasteiger partial charge in [-0.25, -0.2) is 8.78 Å². The van der Waals surface area contributed by atoms with E-state index in [0.717, 1.165) is 17.5 Å². The van der Waals surface area contributed by atoms with E-state index in [9.17, 15) is 18.4 Å². The van der Waals surface area contributed by atoms with Crippen LogP contribution < -0.4 is 10.6 Å². The van der Waals surface area contributed by atoms with Crippen LogP contribution in [-0.2, 0) is 17.8 Å². The smallest absolute Gasteiger partial charge is 0.253 e. The zero-order valence-electron chi connectivity index (χ0n) is 16.5. The lowest BCUT2D eigenvalue weighted by Gasteiger charge is -2.12.